The first kappa shape index (κ1) is 26.2. The third-order valence-corrected chi connectivity index (χ3v) is 7.15. The summed E-state index contributed by atoms with van der Waals surface area (Å²) in [4.78, 5) is 16.3. The van der Waals surface area contributed by atoms with Gasteiger partial charge in [0, 0.05) is 61.4 Å². The van der Waals surface area contributed by atoms with Crippen molar-refractivity contribution in [1.82, 2.24) is 19.9 Å². The molecule has 2 aromatic heterocycles. The molecule has 4 aromatic rings. The predicted molar refractivity (Wildman–Crippen MR) is 148 cm³/mol. The summed E-state index contributed by atoms with van der Waals surface area (Å²) in [6, 6.07) is 15.6. The maximum Gasteiger partial charge on any atom is 0.223 e. The molecule has 3 heterocycles. The molecule has 196 valence electrons. The highest BCUT2D eigenvalue weighted by atomic mass is 35.5. The van der Waals surface area contributed by atoms with Crippen molar-refractivity contribution in [2.45, 2.75) is 4.90 Å². The summed E-state index contributed by atoms with van der Waals surface area (Å²) in [6.45, 7) is 4.95. The van der Waals surface area contributed by atoms with Crippen molar-refractivity contribution < 1.29 is 13.9 Å². The van der Waals surface area contributed by atoms with Crippen LogP contribution in [-0.4, -0.2) is 59.2 Å². The Morgan fingerprint density at radius 3 is 2.76 bits per heavy atom. The van der Waals surface area contributed by atoms with Gasteiger partial charge in [-0.15, -0.1) is 0 Å². The van der Waals surface area contributed by atoms with E-state index in [0.29, 0.717) is 40.2 Å². The summed E-state index contributed by atoms with van der Waals surface area (Å²) in [5, 5.41) is 3.89. The van der Waals surface area contributed by atoms with Gasteiger partial charge in [-0.2, -0.15) is 0 Å². The van der Waals surface area contributed by atoms with Gasteiger partial charge in [0.05, 0.1) is 29.5 Å². The maximum atomic E-state index is 15.0. The minimum atomic E-state index is -0.509. The highest BCUT2D eigenvalue weighted by Crippen LogP contribution is 2.35. The molecule has 1 saturated heterocycles. The van der Waals surface area contributed by atoms with E-state index >= 15 is 0 Å². The van der Waals surface area contributed by atoms with Crippen LogP contribution in [0.2, 0.25) is 5.02 Å². The van der Waals surface area contributed by atoms with Crippen LogP contribution in [-0.2, 0) is 4.74 Å². The second kappa shape index (κ2) is 12.9. The fourth-order valence-electron chi connectivity index (χ4n) is 3.81. The lowest BCUT2D eigenvalue weighted by Gasteiger charge is -2.26. The molecule has 8 nitrogen and oxygen atoms in total. The monoisotopic (exact) mass is 552 g/mol. The third kappa shape index (κ3) is 6.90. The lowest BCUT2D eigenvalue weighted by Crippen LogP contribution is -2.39. The Morgan fingerprint density at radius 2 is 1.92 bits per heavy atom. The summed E-state index contributed by atoms with van der Waals surface area (Å²) in [5.41, 5.74) is 1.83. The SMILES string of the molecule is Fc1cc(NSc2ccccc2Cl)ccc1Oc1ccncc1-c1ccnc(NCCN2CCOCC2)n1. The average molecular weight is 553 g/mol. The molecule has 0 radical (unpaired) electrons. The maximum absolute atomic E-state index is 15.0. The Labute approximate surface area is 229 Å². The van der Waals surface area contributed by atoms with Gasteiger partial charge in [-0.25, -0.2) is 14.4 Å². The number of morpholine rings is 1. The number of aromatic nitrogens is 3. The Hall–Kier alpha value is -3.44. The molecule has 1 aliphatic heterocycles. The minimum absolute atomic E-state index is 0.0867. The van der Waals surface area contributed by atoms with Crippen molar-refractivity contribution in [3.63, 3.8) is 0 Å². The molecule has 1 aliphatic rings. The van der Waals surface area contributed by atoms with E-state index in [-0.39, 0.29) is 5.75 Å². The molecule has 0 atom stereocenters. The second-order valence-electron chi connectivity index (χ2n) is 8.40. The van der Waals surface area contributed by atoms with Crippen LogP contribution in [0.4, 0.5) is 16.0 Å². The van der Waals surface area contributed by atoms with E-state index in [9.17, 15) is 4.39 Å². The Bertz CT molecular complexity index is 1370. The first-order valence-electron chi connectivity index (χ1n) is 12.1. The lowest BCUT2D eigenvalue weighted by molar-refractivity contribution is 0.0398. The molecule has 11 heteroatoms. The van der Waals surface area contributed by atoms with Gasteiger partial charge < -0.3 is 19.5 Å². The highest BCUT2D eigenvalue weighted by molar-refractivity contribution is 8.00. The van der Waals surface area contributed by atoms with Crippen LogP contribution in [0, 0.1) is 5.82 Å². The van der Waals surface area contributed by atoms with Crippen LogP contribution in [0.25, 0.3) is 11.3 Å². The van der Waals surface area contributed by atoms with E-state index in [1.54, 1.807) is 48.9 Å². The van der Waals surface area contributed by atoms with Crippen molar-refractivity contribution in [1.29, 1.82) is 0 Å². The number of anilines is 2. The Balaban J connectivity index is 1.25. The van der Waals surface area contributed by atoms with E-state index < -0.39 is 5.82 Å². The zero-order chi connectivity index (χ0) is 26.2. The molecular weight excluding hydrogens is 527 g/mol. The molecule has 2 N–H and O–H groups in total. The quantitative estimate of drug-likeness (QED) is 0.230. The van der Waals surface area contributed by atoms with Gasteiger partial charge in [-0.1, -0.05) is 23.7 Å². The molecule has 5 rings (SSSR count). The number of pyridine rings is 1. The number of halogens is 2. The molecule has 0 amide bonds. The van der Waals surface area contributed by atoms with E-state index in [4.69, 9.17) is 21.1 Å². The molecule has 0 unspecified atom stereocenters. The predicted octanol–water partition coefficient (Wildman–Crippen LogP) is 5.99. The van der Waals surface area contributed by atoms with Gasteiger partial charge in [0.2, 0.25) is 5.95 Å². The van der Waals surface area contributed by atoms with Gasteiger partial charge in [-0.05, 0) is 48.3 Å². The van der Waals surface area contributed by atoms with Crippen molar-refractivity contribution in [2.75, 3.05) is 49.4 Å². The van der Waals surface area contributed by atoms with Crippen LogP contribution >= 0.6 is 23.5 Å². The zero-order valence-electron chi connectivity index (χ0n) is 20.4. The number of benzene rings is 2. The Morgan fingerprint density at radius 1 is 1.05 bits per heavy atom. The summed E-state index contributed by atoms with van der Waals surface area (Å²) in [5.74, 6) is 0.514. The highest BCUT2D eigenvalue weighted by Gasteiger charge is 2.14. The molecule has 0 spiro atoms. The van der Waals surface area contributed by atoms with Crippen molar-refractivity contribution in [2.24, 2.45) is 0 Å². The van der Waals surface area contributed by atoms with Crippen molar-refractivity contribution >= 4 is 35.2 Å². The number of rotatable bonds is 10. The lowest BCUT2D eigenvalue weighted by atomic mass is 10.2. The normalized spacial score (nSPS) is 13.7. The van der Waals surface area contributed by atoms with Crippen LogP contribution in [0.5, 0.6) is 11.5 Å². The number of ether oxygens (including phenoxy) is 2. The van der Waals surface area contributed by atoms with Gasteiger partial charge in [-0.3, -0.25) is 9.88 Å². The van der Waals surface area contributed by atoms with E-state index in [1.807, 2.05) is 18.2 Å². The molecular formula is C27H26ClFN6O2S. The molecule has 1 fully saturated rings. The fourth-order valence-corrected chi connectivity index (χ4v) is 4.73. The number of hydrogen-bond donors (Lipinski definition) is 2. The second-order valence-corrected chi connectivity index (χ2v) is 9.66. The number of hydrogen-bond acceptors (Lipinski definition) is 9. The number of nitrogens with zero attached hydrogens (tertiary/aromatic N) is 4. The van der Waals surface area contributed by atoms with Crippen LogP contribution in [0.1, 0.15) is 0 Å². The minimum Gasteiger partial charge on any atom is -0.453 e. The summed E-state index contributed by atoms with van der Waals surface area (Å²) < 4.78 is 29.4. The van der Waals surface area contributed by atoms with Crippen molar-refractivity contribution in [3.05, 3.63) is 84.0 Å². The number of nitrogens with one attached hydrogen (secondary N) is 2. The fraction of sp³-hybridized carbons (Fsp3) is 0.222. The Kier molecular flexibility index (Phi) is 8.87. The summed E-state index contributed by atoms with van der Waals surface area (Å²) in [6.07, 6.45) is 4.91. The van der Waals surface area contributed by atoms with Gasteiger partial charge in [0.1, 0.15) is 5.75 Å². The molecule has 0 bridgehead atoms. The standard InChI is InChI=1S/C27H26ClFN6O2S/c28-21-3-1-2-4-26(21)38-34-19-5-6-25(22(29)17-19)37-24-8-9-30-18-20(24)23-7-10-31-27(33-23)32-11-12-35-13-15-36-16-14-35/h1-10,17-18,34H,11-16H2,(H,31,32,33). The molecule has 0 aliphatic carbocycles. The molecule has 2 aromatic carbocycles. The van der Waals surface area contributed by atoms with Crippen LogP contribution in [0.3, 0.4) is 0 Å². The smallest absolute Gasteiger partial charge is 0.223 e. The van der Waals surface area contributed by atoms with Gasteiger partial charge in [0.15, 0.2) is 11.6 Å². The van der Waals surface area contributed by atoms with Crippen molar-refractivity contribution in [3.8, 4) is 22.8 Å². The summed E-state index contributed by atoms with van der Waals surface area (Å²) >= 11 is 7.50. The molecule has 38 heavy (non-hydrogen) atoms. The first-order valence-corrected chi connectivity index (χ1v) is 13.3. The van der Waals surface area contributed by atoms with Gasteiger partial charge >= 0.3 is 0 Å². The topological polar surface area (TPSA) is 84.4 Å². The van der Waals surface area contributed by atoms with Gasteiger partial charge in [0.25, 0.3) is 0 Å². The zero-order valence-corrected chi connectivity index (χ0v) is 22.0. The van der Waals surface area contributed by atoms with Crippen LogP contribution in [0.15, 0.2) is 78.1 Å². The summed E-state index contributed by atoms with van der Waals surface area (Å²) in [7, 11) is 0. The first-order chi connectivity index (χ1) is 18.7. The van der Waals surface area contributed by atoms with E-state index in [0.717, 1.165) is 37.7 Å². The van der Waals surface area contributed by atoms with E-state index in [1.165, 1.54) is 18.0 Å². The average Bonchev–Trinajstić information content (AvgIpc) is 2.95. The largest absolute Gasteiger partial charge is 0.453 e. The third-order valence-electron chi connectivity index (χ3n) is 5.79. The molecule has 0 saturated carbocycles. The van der Waals surface area contributed by atoms with Crippen LogP contribution < -0.4 is 14.8 Å². The van der Waals surface area contributed by atoms with E-state index in [2.05, 4.69) is 29.9 Å².